The molecule has 0 saturated carbocycles. The van der Waals surface area contributed by atoms with Crippen molar-refractivity contribution in [3.8, 4) is 0 Å². The van der Waals surface area contributed by atoms with E-state index in [-0.39, 0.29) is 89.9 Å². The first-order chi connectivity index (χ1) is 1.00. The Morgan fingerprint density at radius 2 is 1.40 bits per heavy atom. The van der Waals surface area contributed by atoms with Crippen LogP contribution < -0.4 is 51.4 Å². The van der Waals surface area contributed by atoms with Crippen molar-refractivity contribution in [2.45, 2.75) is 0 Å². The monoisotopic (exact) mass is 230 g/mol. The Morgan fingerprint density at radius 1 is 1.40 bits per heavy atom. The van der Waals surface area contributed by atoms with Crippen molar-refractivity contribution in [3.63, 3.8) is 0 Å². The third-order valence-electron chi connectivity index (χ3n) is 0. The van der Waals surface area contributed by atoms with Crippen molar-refractivity contribution in [1.82, 2.24) is 0 Å². The molecule has 0 aromatic rings. The molecule has 0 N–H and O–H groups in total. The van der Waals surface area contributed by atoms with Gasteiger partial charge in [0.25, 0.3) is 0 Å². The zero-order chi connectivity index (χ0) is 2.00. The fourth-order valence-electron chi connectivity index (χ4n) is 0. The summed E-state index contributed by atoms with van der Waals surface area (Å²) >= 11 is 0. The van der Waals surface area contributed by atoms with Crippen LogP contribution in [-0.2, 0) is 24.0 Å². The predicted molar refractivity (Wildman–Crippen MR) is 21.4 cm³/mol. The average Bonchev–Trinajstić information content (AvgIpc) is 1.00. The fourth-order valence-corrected chi connectivity index (χ4v) is 0. The minimum Gasteiger partial charge on any atom is -1.00 e. The Bertz CT molecular complexity index is 15.5. The van der Waals surface area contributed by atoms with Gasteiger partial charge in [-0.15, -0.1) is 0 Å². The minimum absolute atomic E-state index is 0. The molecule has 0 saturated heterocycles. The van der Waals surface area contributed by atoms with Crippen molar-refractivity contribution in [2.24, 2.45) is 0 Å². The van der Waals surface area contributed by atoms with E-state index in [1.165, 1.54) is 0 Å². The Labute approximate surface area is 101 Å². The maximum Gasteiger partial charge on any atom is 1.00 e. The summed E-state index contributed by atoms with van der Waals surface area (Å²) in [5, 5.41) is 0. The number of rotatable bonds is 0. The Morgan fingerprint density at radius 3 is 1.40 bits per heavy atom. The molecule has 5 heteroatoms. The second-order valence-electron chi connectivity index (χ2n) is 0. The first kappa shape index (κ1) is 24.7. The predicted octanol–water partition coefficient (Wildman–Crippen LogP) is -3.86. The van der Waals surface area contributed by atoms with E-state index in [9.17, 15) is 0 Å². The molecule has 0 aromatic carbocycles. The van der Waals surface area contributed by atoms with Crippen LogP contribution >= 0.6 is 9.12 Å². The molecule has 0 rings (SSSR count). The summed E-state index contributed by atoms with van der Waals surface area (Å²) < 4.78 is 8.06. The molecule has 1 nitrogen and oxygen atoms in total. The van der Waals surface area contributed by atoms with Crippen molar-refractivity contribution >= 4 is 26.7 Å². The van der Waals surface area contributed by atoms with Gasteiger partial charge in [0.2, 0.25) is 0 Å². The van der Waals surface area contributed by atoms with Crippen molar-refractivity contribution in [2.75, 3.05) is 0 Å². The largest absolute Gasteiger partial charge is 1.00 e. The van der Waals surface area contributed by atoms with Crippen LogP contribution in [0.5, 0.6) is 0 Å². The molecule has 5 heavy (non-hydrogen) atoms. The second-order valence-corrected chi connectivity index (χ2v) is 0. The Balaban J connectivity index is -0.000000000833. The molecule has 24 valence electrons. The van der Waals surface area contributed by atoms with E-state index in [1.54, 1.807) is 9.12 Å². The third-order valence-corrected chi connectivity index (χ3v) is 0. The Kier molecular flexibility index (Phi) is 141. The van der Waals surface area contributed by atoms with E-state index in [4.69, 9.17) is 4.57 Å². The van der Waals surface area contributed by atoms with E-state index >= 15 is 0 Å². The van der Waals surface area contributed by atoms with E-state index < -0.39 is 0 Å². The van der Waals surface area contributed by atoms with Gasteiger partial charge in [-0.25, -0.2) is 0 Å². The maximum absolute atomic E-state index is 8.06. The normalized spacial score (nSPS) is 0.800. The standard InChI is InChI=1S/GeH4.K.HOP.Zn.H/c;;1-2;;/h1H4;;2H;;/q;+1;;;-1. The van der Waals surface area contributed by atoms with E-state index in [1.807, 2.05) is 0 Å². The minimum atomic E-state index is 0. The van der Waals surface area contributed by atoms with Gasteiger partial charge in [0, 0.05) is 19.5 Å². The van der Waals surface area contributed by atoms with Gasteiger partial charge >= 0.3 is 69.0 Å². The molecule has 0 unspecified atom stereocenters. The molecule has 0 spiro atoms. The van der Waals surface area contributed by atoms with Crippen LogP contribution in [0.2, 0.25) is 0 Å². The fraction of sp³-hybridized carbons (Fsp3) is 0. The molecule has 0 bridgehead atoms. The Hall–Kier alpha value is 2.90. The second kappa shape index (κ2) is 28.5. The van der Waals surface area contributed by atoms with Gasteiger partial charge in [-0.05, 0) is 0 Å². The first-order valence-corrected chi connectivity index (χ1v) is 0.612. The van der Waals surface area contributed by atoms with Gasteiger partial charge in [0.15, 0.2) is 0 Å². The molecular weight excluding hydrogens is 224 g/mol. The molecule has 0 aliphatic carbocycles. The van der Waals surface area contributed by atoms with Gasteiger partial charge in [-0.2, -0.15) is 0 Å². The summed E-state index contributed by atoms with van der Waals surface area (Å²) in [5.74, 6) is 0. The van der Waals surface area contributed by atoms with Gasteiger partial charge in [-0.3, -0.25) is 4.57 Å². The molecular formula is H6GeKOPZn. The number of hydrogen-bond donors (Lipinski definition) is 0. The van der Waals surface area contributed by atoms with Gasteiger partial charge in [-0.1, -0.05) is 0 Å². The zero-order valence-electron chi connectivity index (χ0n) is 3.62. The molecule has 0 aliphatic rings. The molecule has 0 atom stereocenters. The van der Waals surface area contributed by atoms with Crippen LogP contribution in [0.15, 0.2) is 0 Å². The van der Waals surface area contributed by atoms with Gasteiger partial charge in [0.05, 0.1) is 0 Å². The zero-order valence-corrected chi connectivity index (χ0v) is 9.71. The van der Waals surface area contributed by atoms with E-state index in [0.717, 1.165) is 0 Å². The molecule has 0 aliphatic heterocycles. The van der Waals surface area contributed by atoms with Gasteiger partial charge in [0.1, 0.15) is 9.12 Å². The van der Waals surface area contributed by atoms with Crippen LogP contribution in [0.3, 0.4) is 0 Å². The molecule has 0 fully saturated rings. The van der Waals surface area contributed by atoms with E-state index in [0.29, 0.717) is 0 Å². The summed E-state index contributed by atoms with van der Waals surface area (Å²) in [5.41, 5.74) is 0. The molecule has 0 amide bonds. The topological polar surface area (TPSA) is 17.1 Å². The molecule has 0 heterocycles. The SMILES string of the molecule is O=P.[GeH4].[H-].[K+].[Zn]. The first-order valence-electron chi connectivity index (χ1n) is 0.204. The van der Waals surface area contributed by atoms with Crippen LogP contribution in [-0.4, -0.2) is 17.6 Å². The average molecular weight is 230 g/mol. The quantitative estimate of drug-likeness (QED) is 0.307. The maximum atomic E-state index is 8.06. The van der Waals surface area contributed by atoms with Crippen LogP contribution in [0, 0.1) is 0 Å². The van der Waals surface area contributed by atoms with Crippen molar-refractivity contribution in [3.05, 3.63) is 0 Å². The smallest absolute Gasteiger partial charge is 1.00 e. The van der Waals surface area contributed by atoms with E-state index in [2.05, 4.69) is 0 Å². The molecule has 0 radical (unpaired) electrons. The van der Waals surface area contributed by atoms with Crippen LogP contribution in [0.1, 0.15) is 1.43 Å². The summed E-state index contributed by atoms with van der Waals surface area (Å²) in [6, 6.07) is 0. The van der Waals surface area contributed by atoms with Crippen molar-refractivity contribution < 1.29 is 76.9 Å². The van der Waals surface area contributed by atoms with Crippen molar-refractivity contribution in [1.29, 1.82) is 0 Å². The van der Waals surface area contributed by atoms with Gasteiger partial charge < -0.3 is 1.43 Å². The van der Waals surface area contributed by atoms with Crippen LogP contribution in [0.4, 0.5) is 0 Å². The summed E-state index contributed by atoms with van der Waals surface area (Å²) in [6.07, 6.45) is 0. The molecule has 0 aromatic heterocycles. The summed E-state index contributed by atoms with van der Waals surface area (Å²) in [4.78, 5) is 0. The van der Waals surface area contributed by atoms with Crippen LogP contribution in [0.25, 0.3) is 0 Å². The summed E-state index contributed by atoms with van der Waals surface area (Å²) in [6.45, 7) is 0. The summed E-state index contributed by atoms with van der Waals surface area (Å²) in [7, 11) is 1.72. The third kappa shape index (κ3) is 19.7. The number of hydrogen-bond acceptors (Lipinski definition) is 1.